The molecule has 138 valence electrons. The van der Waals surface area contributed by atoms with E-state index in [4.69, 9.17) is 0 Å². The largest absolute Gasteiger partial charge is 0.508 e. The number of phenolic OH excluding ortho intramolecular Hbond substituents is 2. The molecule has 0 aliphatic rings. The van der Waals surface area contributed by atoms with Gasteiger partial charge in [0.05, 0.1) is 17.9 Å². The van der Waals surface area contributed by atoms with E-state index in [1.165, 1.54) is 6.07 Å². The summed E-state index contributed by atoms with van der Waals surface area (Å²) in [6.07, 6.45) is 1.70. The Bertz CT molecular complexity index is 900. The van der Waals surface area contributed by atoms with Gasteiger partial charge in [-0.25, -0.2) is 0 Å². The van der Waals surface area contributed by atoms with Crippen molar-refractivity contribution in [3.8, 4) is 11.5 Å². The highest BCUT2D eigenvalue weighted by Gasteiger charge is 2.15. The quantitative estimate of drug-likeness (QED) is 0.562. The molecule has 0 radical (unpaired) electrons. The van der Waals surface area contributed by atoms with Gasteiger partial charge in [0, 0.05) is 24.8 Å². The third kappa shape index (κ3) is 5.29. The van der Waals surface area contributed by atoms with Gasteiger partial charge in [0.1, 0.15) is 11.5 Å². The van der Waals surface area contributed by atoms with Crippen molar-refractivity contribution in [1.29, 1.82) is 0 Å². The first kappa shape index (κ1) is 18.4. The Morgan fingerprint density at radius 2 is 1.59 bits per heavy atom. The van der Waals surface area contributed by atoms with E-state index >= 15 is 0 Å². The van der Waals surface area contributed by atoms with E-state index in [2.05, 4.69) is 10.3 Å². The topological polar surface area (TPSA) is 85.7 Å². The Kier molecular flexibility index (Phi) is 6.02. The Labute approximate surface area is 157 Å². The average molecular weight is 363 g/mol. The summed E-state index contributed by atoms with van der Waals surface area (Å²) in [5, 5.41) is 22.6. The lowest BCUT2D eigenvalue weighted by atomic mass is 10.2. The van der Waals surface area contributed by atoms with E-state index in [0.29, 0.717) is 18.8 Å². The Morgan fingerprint density at radius 3 is 2.30 bits per heavy atom. The van der Waals surface area contributed by atoms with Gasteiger partial charge >= 0.3 is 0 Å². The maximum absolute atomic E-state index is 12.5. The maximum Gasteiger partial charge on any atom is 0.238 e. The number of carbonyl (C=O) groups is 1. The molecule has 6 nitrogen and oxygen atoms in total. The highest BCUT2D eigenvalue weighted by molar-refractivity contribution is 5.93. The van der Waals surface area contributed by atoms with Crippen molar-refractivity contribution in [1.82, 2.24) is 9.88 Å². The van der Waals surface area contributed by atoms with Crippen LogP contribution < -0.4 is 5.32 Å². The second-order valence-electron chi connectivity index (χ2n) is 6.16. The standard InChI is InChI=1S/C21H21N3O3/c25-19-10-3-1-7-16(19)13-24(14-17-8-5-6-12-22-17)15-21(27)23-18-9-2-4-11-20(18)26/h1-12,25-26H,13-15H2,(H,23,27). The number of para-hydroxylation sites is 3. The molecule has 0 aliphatic carbocycles. The molecule has 1 heterocycles. The number of nitrogens with one attached hydrogen (secondary N) is 1. The molecule has 0 unspecified atom stereocenters. The number of hydrogen-bond acceptors (Lipinski definition) is 5. The summed E-state index contributed by atoms with van der Waals surface area (Å²) in [5.41, 5.74) is 1.91. The number of aromatic hydroxyl groups is 2. The van der Waals surface area contributed by atoms with Crippen molar-refractivity contribution >= 4 is 11.6 Å². The lowest BCUT2D eigenvalue weighted by Crippen LogP contribution is -2.32. The van der Waals surface area contributed by atoms with Gasteiger partial charge in [0.2, 0.25) is 5.91 Å². The van der Waals surface area contributed by atoms with Crippen molar-refractivity contribution in [2.45, 2.75) is 13.1 Å². The molecular formula is C21H21N3O3. The fraction of sp³-hybridized carbons (Fsp3) is 0.143. The van der Waals surface area contributed by atoms with Gasteiger partial charge in [0.15, 0.2) is 0 Å². The van der Waals surface area contributed by atoms with Gasteiger partial charge in [-0.05, 0) is 30.3 Å². The van der Waals surface area contributed by atoms with E-state index in [9.17, 15) is 15.0 Å². The normalized spacial score (nSPS) is 10.7. The van der Waals surface area contributed by atoms with E-state index in [0.717, 1.165) is 11.3 Å². The minimum atomic E-state index is -0.261. The van der Waals surface area contributed by atoms with Crippen molar-refractivity contribution in [3.63, 3.8) is 0 Å². The van der Waals surface area contributed by atoms with Crippen molar-refractivity contribution in [2.24, 2.45) is 0 Å². The van der Waals surface area contributed by atoms with Crippen LogP contribution in [0.1, 0.15) is 11.3 Å². The van der Waals surface area contributed by atoms with Gasteiger partial charge in [-0.2, -0.15) is 0 Å². The molecule has 0 atom stereocenters. The zero-order valence-electron chi connectivity index (χ0n) is 14.7. The summed E-state index contributed by atoms with van der Waals surface area (Å²) in [6, 6.07) is 19.2. The number of anilines is 1. The van der Waals surface area contributed by atoms with E-state index < -0.39 is 0 Å². The summed E-state index contributed by atoms with van der Waals surface area (Å²) >= 11 is 0. The molecule has 3 aromatic rings. The zero-order chi connectivity index (χ0) is 19.1. The fourth-order valence-corrected chi connectivity index (χ4v) is 2.75. The molecule has 0 spiro atoms. The van der Waals surface area contributed by atoms with Gasteiger partial charge in [-0.3, -0.25) is 14.7 Å². The lowest BCUT2D eigenvalue weighted by Gasteiger charge is -2.22. The number of phenols is 2. The number of rotatable bonds is 7. The second kappa shape index (κ2) is 8.82. The van der Waals surface area contributed by atoms with Gasteiger partial charge in [-0.1, -0.05) is 36.4 Å². The molecule has 1 aromatic heterocycles. The van der Waals surface area contributed by atoms with E-state index in [1.807, 2.05) is 35.2 Å². The van der Waals surface area contributed by atoms with Crippen LogP contribution in [0.25, 0.3) is 0 Å². The van der Waals surface area contributed by atoms with Crippen molar-refractivity contribution < 1.29 is 15.0 Å². The second-order valence-corrected chi connectivity index (χ2v) is 6.16. The van der Waals surface area contributed by atoms with Crippen LogP contribution in [0.15, 0.2) is 72.9 Å². The summed E-state index contributed by atoms with van der Waals surface area (Å²) in [6.45, 7) is 0.917. The molecule has 0 fully saturated rings. The SMILES string of the molecule is O=C(CN(Cc1ccccn1)Cc1ccccc1O)Nc1ccccc1O. The third-order valence-electron chi connectivity index (χ3n) is 4.04. The summed E-state index contributed by atoms with van der Waals surface area (Å²) in [7, 11) is 0. The first-order valence-electron chi connectivity index (χ1n) is 8.59. The van der Waals surface area contributed by atoms with Crippen LogP contribution in [0, 0.1) is 0 Å². The first-order chi connectivity index (χ1) is 13.1. The summed E-state index contributed by atoms with van der Waals surface area (Å²) in [4.78, 5) is 18.7. The van der Waals surface area contributed by atoms with Crippen LogP contribution in [-0.2, 0) is 17.9 Å². The summed E-state index contributed by atoms with van der Waals surface area (Å²) in [5.74, 6) is -0.0599. The van der Waals surface area contributed by atoms with Crippen LogP contribution in [0.4, 0.5) is 5.69 Å². The molecule has 0 bridgehead atoms. The van der Waals surface area contributed by atoms with Crippen molar-refractivity contribution in [2.75, 3.05) is 11.9 Å². The molecular weight excluding hydrogens is 342 g/mol. The van der Waals surface area contributed by atoms with Crippen LogP contribution >= 0.6 is 0 Å². The Balaban J connectivity index is 1.73. The number of carbonyl (C=O) groups excluding carboxylic acids is 1. The zero-order valence-corrected chi connectivity index (χ0v) is 14.7. The van der Waals surface area contributed by atoms with Crippen LogP contribution in [-0.4, -0.2) is 32.5 Å². The third-order valence-corrected chi connectivity index (χ3v) is 4.04. The Morgan fingerprint density at radius 1 is 0.889 bits per heavy atom. The number of amides is 1. The minimum absolute atomic E-state index is 0.0165. The number of nitrogens with zero attached hydrogens (tertiary/aromatic N) is 2. The summed E-state index contributed by atoms with van der Waals surface area (Å²) < 4.78 is 0. The molecule has 3 rings (SSSR count). The molecule has 0 saturated heterocycles. The molecule has 27 heavy (non-hydrogen) atoms. The molecule has 1 amide bonds. The highest BCUT2D eigenvalue weighted by atomic mass is 16.3. The molecule has 0 aliphatic heterocycles. The highest BCUT2D eigenvalue weighted by Crippen LogP contribution is 2.22. The van der Waals surface area contributed by atoms with Crippen LogP contribution in [0.2, 0.25) is 0 Å². The first-order valence-corrected chi connectivity index (χ1v) is 8.59. The van der Waals surface area contributed by atoms with Crippen LogP contribution in [0.3, 0.4) is 0 Å². The smallest absolute Gasteiger partial charge is 0.238 e. The average Bonchev–Trinajstić information content (AvgIpc) is 2.66. The van der Waals surface area contributed by atoms with Gasteiger partial charge in [-0.15, -0.1) is 0 Å². The van der Waals surface area contributed by atoms with Gasteiger partial charge in [0.25, 0.3) is 0 Å². The monoisotopic (exact) mass is 363 g/mol. The van der Waals surface area contributed by atoms with Gasteiger partial charge < -0.3 is 15.5 Å². The van der Waals surface area contributed by atoms with E-state index in [1.54, 1.807) is 36.5 Å². The molecule has 3 N–H and O–H groups in total. The number of pyridine rings is 1. The maximum atomic E-state index is 12.5. The van der Waals surface area contributed by atoms with Crippen molar-refractivity contribution in [3.05, 3.63) is 84.2 Å². The number of hydrogen-bond donors (Lipinski definition) is 3. The predicted molar refractivity (Wildman–Crippen MR) is 103 cm³/mol. The van der Waals surface area contributed by atoms with Crippen LogP contribution in [0.5, 0.6) is 11.5 Å². The molecule has 0 saturated carbocycles. The molecule has 6 heteroatoms. The predicted octanol–water partition coefficient (Wildman–Crippen LogP) is 3.13. The molecule has 2 aromatic carbocycles. The fourth-order valence-electron chi connectivity index (χ4n) is 2.75. The van der Waals surface area contributed by atoms with E-state index in [-0.39, 0.29) is 24.0 Å². The number of benzene rings is 2. The lowest BCUT2D eigenvalue weighted by molar-refractivity contribution is -0.117. The minimum Gasteiger partial charge on any atom is -0.508 e. The Hall–Kier alpha value is -3.38. The number of aromatic nitrogens is 1.